The molecule has 3 rings (SSSR count). The third-order valence-electron chi connectivity index (χ3n) is 3.79. The predicted octanol–water partition coefficient (Wildman–Crippen LogP) is 3.97. The van der Waals surface area contributed by atoms with Crippen LogP contribution < -0.4 is 10.1 Å². The lowest BCUT2D eigenvalue weighted by atomic mass is 9.94. The van der Waals surface area contributed by atoms with Crippen molar-refractivity contribution in [2.45, 2.75) is 25.9 Å². The van der Waals surface area contributed by atoms with Crippen LogP contribution in [0.3, 0.4) is 0 Å². The Morgan fingerprint density at radius 3 is 2.68 bits per heavy atom. The van der Waals surface area contributed by atoms with Crippen LogP contribution in [0.4, 0.5) is 5.69 Å². The Balaban J connectivity index is 1.94. The maximum absolute atomic E-state index is 6.24. The Labute approximate surface area is 114 Å². The Morgan fingerprint density at radius 2 is 1.95 bits per heavy atom. The first-order valence-corrected chi connectivity index (χ1v) is 6.82. The monoisotopic (exact) mass is 253 g/mol. The zero-order chi connectivity index (χ0) is 13.3. The third kappa shape index (κ3) is 2.19. The maximum Gasteiger partial charge on any atom is 0.148 e. The van der Waals surface area contributed by atoms with E-state index in [0.29, 0.717) is 0 Å². The van der Waals surface area contributed by atoms with Gasteiger partial charge in [-0.2, -0.15) is 0 Å². The molecule has 0 spiro atoms. The van der Waals surface area contributed by atoms with Gasteiger partial charge in [-0.3, -0.25) is 0 Å². The first-order chi connectivity index (χ1) is 9.21. The SMILES string of the molecule is CCc1ccc2c(c1)NCC(C)(c1ccccc1)O2. The molecular formula is C17H19NO. The molecule has 1 heterocycles. The molecule has 0 aromatic heterocycles. The molecule has 0 saturated heterocycles. The largest absolute Gasteiger partial charge is 0.479 e. The van der Waals surface area contributed by atoms with E-state index in [4.69, 9.17) is 4.74 Å². The molecule has 1 aliphatic heterocycles. The lowest BCUT2D eigenvalue weighted by Crippen LogP contribution is -2.40. The van der Waals surface area contributed by atoms with Gasteiger partial charge in [0.05, 0.1) is 12.2 Å². The van der Waals surface area contributed by atoms with Crippen molar-refractivity contribution >= 4 is 5.69 Å². The molecule has 1 N–H and O–H groups in total. The Bertz CT molecular complexity index is 579. The molecule has 2 nitrogen and oxygen atoms in total. The van der Waals surface area contributed by atoms with E-state index < -0.39 is 0 Å². The smallest absolute Gasteiger partial charge is 0.148 e. The number of anilines is 1. The van der Waals surface area contributed by atoms with E-state index in [0.717, 1.165) is 24.4 Å². The first-order valence-electron chi connectivity index (χ1n) is 6.82. The number of ether oxygens (including phenoxy) is 1. The van der Waals surface area contributed by atoms with Gasteiger partial charge < -0.3 is 10.1 Å². The third-order valence-corrected chi connectivity index (χ3v) is 3.79. The second-order valence-corrected chi connectivity index (χ2v) is 5.24. The van der Waals surface area contributed by atoms with Gasteiger partial charge in [-0.15, -0.1) is 0 Å². The summed E-state index contributed by atoms with van der Waals surface area (Å²) < 4.78 is 6.24. The summed E-state index contributed by atoms with van der Waals surface area (Å²) in [5.41, 5.74) is 3.33. The summed E-state index contributed by atoms with van der Waals surface area (Å²) in [5.74, 6) is 0.940. The van der Waals surface area contributed by atoms with E-state index in [-0.39, 0.29) is 5.60 Å². The number of fused-ring (bicyclic) bond motifs is 1. The number of nitrogens with one attached hydrogen (secondary N) is 1. The van der Waals surface area contributed by atoms with Gasteiger partial charge in [0.1, 0.15) is 11.4 Å². The predicted molar refractivity (Wildman–Crippen MR) is 78.7 cm³/mol. The van der Waals surface area contributed by atoms with Crippen LogP contribution in [0.25, 0.3) is 0 Å². The summed E-state index contributed by atoms with van der Waals surface area (Å²) in [6.45, 7) is 5.09. The Hall–Kier alpha value is -1.96. The van der Waals surface area contributed by atoms with Crippen molar-refractivity contribution in [2.24, 2.45) is 0 Å². The molecule has 0 amide bonds. The molecule has 0 fully saturated rings. The lowest BCUT2D eigenvalue weighted by molar-refractivity contribution is 0.0939. The van der Waals surface area contributed by atoms with Gasteiger partial charge in [-0.1, -0.05) is 43.3 Å². The van der Waals surface area contributed by atoms with E-state index in [1.165, 1.54) is 11.1 Å². The van der Waals surface area contributed by atoms with Crippen molar-refractivity contribution in [3.63, 3.8) is 0 Å². The van der Waals surface area contributed by atoms with Crippen LogP contribution in [-0.2, 0) is 12.0 Å². The molecule has 0 saturated carbocycles. The molecule has 0 bridgehead atoms. The van der Waals surface area contributed by atoms with E-state index >= 15 is 0 Å². The van der Waals surface area contributed by atoms with E-state index in [2.05, 4.69) is 61.6 Å². The molecule has 1 aliphatic rings. The number of hydrogen-bond donors (Lipinski definition) is 1. The zero-order valence-electron chi connectivity index (χ0n) is 11.4. The molecule has 0 aliphatic carbocycles. The average Bonchev–Trinajstić information content (AvgIpc) is 2.47. The molecular weight excluding hydrogens is 234 g/mol. The number of benzene rings is 2. The number of aryl methyl sites for hydroxylation is 1. The fraction of sp³-hybridized carbons (Fsp3) is 0.294. The molecule has 2 aromatic rings. The van der Waals surface area contributed by atoms with Gasteiger partial charge >= 0.3 is 0 Å². The Morgan fingerprint density at radius 1 is 1.16 bits per heavy atom. The van der Waals surface area contributed by atoms with E-state index in [1.807, 2.05) is 6.07 Å². The van der Waals surface area contributed by atoms with E-state index in [1.54, 1.807) is 0 Å². The maximum atomic E-state index is 6.24. The molecule has 98 valence electrons. The van der Waals surface area contributed by atoms with Crippen LogP contribution in [0, 0.1) is 0 Å². The summed E-state index contributed by atoms with van der Waals surface area (Å²) in [6, 6.07) is 16.8. The summed E-state index contributed by atoms with van der Waals surface area (Å²) in [4.78, 5) is 0. The van der Waals surface area contributed by atoms with Gasteiger partial charge in [0.2, 0.25) is 0 Å². The standard InChI is InChI=1S/C17H19NO/c1-3-13-9-10-16-15(11-13)18-12-17(2,19-16)14-7-5-4-6-8-14/h4-11,18H,3,12H2,1-2H3. The summed E-state index contributed by atoms with van der Waals surface area (Å²) in [5, 5.41) is 3.50. The minimum absolute atomic E-state index is 0.304. The highest BCUT2D eigenvalue weighted by Crippen LogP contribution is 2.38. The Kier molecular flexibility index (Phi) is 2.94. The lowest BCUT2D eigenvalue weighted by Gasteiger charge is -2.37. The van der Waals surface area contributed by atoms with Crippen LogP contribution in [0.5, 0.6) is 5.75 Å². The van der Waals surface area contributed by atoms with Crippen molar-refractivity contribution in [2.75, 3.05) is 11.9 Å². The van der Waals surface area contributed by atoms with Crippen molar-refractivity contribution in [3.05, 3.63) is 59.7 Å². The highest BCUT2D eigenvalue weighted by atomic mass is 16.5. The van der Waals surface area contributed by atoms with E-state index in [9.17, 15) is 0 Å². The van der Waals surface area contributed by atoms with Crippen LogP contribution >= 0.6 is 0 Å². The topological polar surface area (TPSA) is 21.3 Å². The minimum Gasteiger partial charge on any atom is -0.479 e. The summed E-state index contributed by atoms with van der Waals surface area (Å²) in [7, 11) is 0. The zero-order valence-corrected chi connectivity index (χ0v) is 11.4. The fourth-order valence-electron chi connectivity index (χ4n) is 2.52. The minimum atomic E-state index is -0.304. The second-order valence-electron chi connectivity index (χ2n) is 5.24. The number of hydrogen-bond acceptors (Lipinski definition) is 2. The van der Waals surface area contributed by atoms with Crippen molar-refractivity contribution in [1.82, 2.24) is 0 Å². The summed E-state index contributed by atoms with van der Waals surface area (Å²) in [6.07, 6.45) is 1.05. The van der Waals surface area contributed by atoms with Crippen molar-refractivity contribution in [3.8, 4) is 5.75 Å². The van der Waals surface area contributed by atoms with Gasteiger partial charge in [0.15, 0.2) is 0 Å². The van der Waals surface area contributed by atoms with Crippen LogP contribution in [0.2, 0.25) is 0 Å². The normalized spacial score (nSPS) is 21.2. The quantitative estimate of drug-likeness (QED) is 0.874. The molecule has 1 unspecified atom stereocenters. The highest BCUT2D eigenvalue weighted by molar-refractivity contribution is 5.60. The molecule has 0 radical (unpaired) electrons. The summed E-state index contributed by atoms with van der Waals surface area (Å²) >= 11 is 0. The van der Waals surface area contributed by atoms with Crippen molar-refractivity contribution < 1.29 is 4.74 Å². The van der Waals surface area contributed by atoms with Gasteiger partial charge in [0.25, 0.3) is 0 Å². The molecule has 2 aromatic carbocycles. The van der Waals surface area contributed by atoms with Crippen LogP contribution in [-0.4, -0.2) is 6.54 Å². The van der Waals surface area contributed by atoms with Crippen molar-refractivity contribution in [1.29, 1.82) is 0 Å². The van der Waals surface area contributed by atoms with Gasteiger partial charge in [-0.05, 0) is 36.6 Å². The van der Waals surface area contributed by atoms with Crippen LogP contribution in [0.1, 0.15) is 25.0 Å². The van der Waals surface area contributed by atoms with Gasteiger partial charge in [-0.25, -0.2) is 0 Å². The fourth-order valence-corrected chi connectivity index (χ4v) is 2.52. The highest BCUT2D eigenvalue weighted by Gasteiger charge is 2.33. The average molecular weight is 253 g/mol. The second kappa shape index (κ2) is 4.61. The number of rotatable bonds is 2. The molecule has 1 atom stereocenters. The molecule has 2 heteroatoms. The molecule has 19 heavy (non-hydrogen) atoms. The van der Waals surface area contributed by atoms with Gasteiger partial charge in [0, 0.05) is 0 Å². The van der Waals surface area contributed by atoms with Crippen LogP contribution in [0.15, 0.2) is 48.5 Å². The first kappa shape index (κ1) is 12.1.